The van der Waals surface area contributed by atoms with Gasteiger partial charge in [-0.05, 0) is 136 Å². The van der Waals surface area contributed by atoms with Crippen molar-refractivity contribution in [3.05, 3.63) is 231 Å². The molecule has 0 saturated carbocycles. The van der Waals surface area contributed by atoms with E-state index in [1.807, 2.05) is 0 Å². The zero-order valence-corrected chi connectivity index (χ0v) is 34.6. The number of para-hydroxylation sites is 1. The Balaban J connectivity index is 0.929. The van der Waals surface area contributed by atoms with Crippen LogP contribution in [-0.4, -0.2) is 11.1 Å². The van der Waals surface area contributed by atoms with Crippen molar-refractivity contribution in [2.45, 2.75) is 0 Å². The average molecular weight is 801 g/mol. The molecule has 1 aromatic heterocycles. The lowest BCUT2D eigenvalue weighted by molar-refractivity contribution is 1.10. The molecule has 0 N–H and O–H groups in total. The molecule has 63 heavy (non-hydrogen) atoms. The number of fused-ring (bicyclic) bond motifs is 15. The van der Waals surface area contributed by atoms with Crippen LogP contribution in [0.15, 0.2) is 225 Å². The first-order valence-electron chi connectivity index (χ1n) is 21.8. The summed E-state index contributed by atoms with van der Waals surface area (Å²) in [6, 6.07) is 71.9. The Kier molecular flexibility index (Phi) is 7.85. The summed E-state index contributed by atoms with van der Waals surface area (Å²) >= 11 is 0. The number of anilines is 2. The van der Waals surface area contributed by atoms with E-state index in [0.717, 1.165) is 40.3 Å². The highest BCUT2D eigenvalue weighted by atomic mass is 15.1. The zero-order chi connectivity index (χ0) is 41.6. The lowest BCUT2D eigenvalue weighted by Gasteiger charge is -2.27. The molecule has 0 atom stereocenters. The molecule has 0 aliphatic carbocycles. The fraction of sp³-hybridized carbons (Fsp3) is 0.0164. The molecular weight excluding hydrogens is 761 g/mol. The number of allylic oxidation sites excluding steroid dienone is 4. The van der Waals surface area contributed by atoms with Gasteiger partial charge in [0.25, 0.3) is 0 Å². The minimum atomic E-state index is 0.731. The maximum atomic E-state index is 4.62. The van der Waals surface area contributed by atoms with Crippen molar-refractivity contribution >= 4 is 103 Å². The third kappa shape index (κ3) is 5.51. The number of aromatic nitrogens is 1. The zero-order valence-electron chi connectivity index (χ0n) is 34.6. The summed E-state index contributed by atoms with van der Waals surface area (Å²) in [6.07, 6.45) is 8.62. The van der Waals surface area contributed by atoms with Gasteiger partial charge in [0.05, 0.1) is 11.0 Å². The van der Waals surface area contributed by atoms with Crippen LogP contribution in [0.3, 0.4) is 0 Å². The molecule has 0 bridgehead atoms. The van der Waals surface area contributed by atoms with Crippen LogP contribution < -0.4 is 4.90 Å². The first-order chi connectivity index (χ1) is 31.2. The van der Waals surface area contributed by atoms with Crippen LogP contribution in [0.1, 0.15) is 5.56 Å². The Hall–Kier alpha value is -8.20. The highest BCUT2D eigenvalue weighted by Crippen LogP contribution is 2.42. The third-order valence-electron chi connectivity index (χ3n) is 13.5. The number of rotatable bonds is 3. The molecule has 0 spiro atoms. The SMILES string of the molecule is C=C1/C=C\C=C/CN(c2ccc3c4ccccc4c4ccccc4c3c2)c2ccc(-c3ccc4c(c3)c3ccccc3n4-c3ccc4c(ccc5c6ccccc6ccc45)c3)cc21. The molecule has 0 saturated heterocycles. The van der Waals surface area contributed by atoms with Crippen molar-refractivity contribution < 1.29 is 0 Å². The molecule has 0 radical (unpaired) electrons. The Labute approximate surface area is 365 Å². The summed E-state index contributed by atoms with van der Waals surface area (Å²) in [5.74, 6) is 0. The molecule has 2 heteroatoms. The van der Waals surface area contributed by atoms with Crippen LogP contribution in [0.25, 0.3) is 109 Å². The topological polar surface area (TPSA) is 8.17 Å². The van der Waals surface area contributed by atoms with Crippen molar-refractivity contribution in [2.24, 2.45) is 0 Å². The fourth-order valence-electron chi connectivity index (χ4n) is 10.5. The van der Waals surface area contributed by atoms with E-state index in [4.69, 9.17) is 0 Å². The van der Waals surface area contributed by atoms with Crippen LogP contribution >= 0.6 is 0 Å². The first kappa shape index (κ1) is 35.5. The largest absolute Gasteiger partial charge is 0.337 e. The van der Waals surface area contributed by atoms with E-state index in [9.17, 15) is 0 Å². The predicted molar refractivity (Wildman–Crippen MR) is 272 cm³/mol. The number of hydrogen-bond donors (Lipinski definition) is 0. The molecule has 13 rings (SSSR count). The van der Waals surface area contributed by atoms with E-state index in [1.54, 1.807) is 0 Å². The van der Waals surface area contributed by atoms with Crippen LogP contribution in [0.5, 0.6) is 0 Å². The van der Waals surface area contributed by atoms with E-state index in [-0.39, 0.29) is 0 Å². The van der Waals surface area contributed by atoms with E-state index in [0.29, 0.717) is 0 Å². The normalized spacial score (nSPS) is 14.2. The van der Waals surface area contributed by atoms with Gasteiger partial charge in [-0.3, -0.25) is 0 Å². The second-order valence-corrected chi connectivity index (χ2v) is 16.9. The van der Waals surface area contributed by atoms with Gasteiger partial charge in [-0.2, -0.15) is 0 Å². The Bertz CT molecular complexity index is 3940. The van der Waals surface area contributed by atoms with Gasteiger partial charge in [0.15, 0.2) is 0 Å². The van der Waals surface area contributed by atoms with Crippen molar-refractivity contribution in [3.63, 3.8) is 0 Å². The summed E-state index contributed by atoms with van der Waals surface area (Å²) in [4.78, 5) is 2.43. The summed E-state index contributed by atoms with van der Waals surface area (Å²) in [5, 5.41) is 17.8. The van der Waals surface area contributed by atoms with E-state index < -0.39 is 0 Å². The second kappa shape index (κ2) is 13.9. The maximum Gasteiger partial charge on any atom is 0.0541 e. The van der Waals surface area contributed by atoms with Crippen LogP contribution in [0.2, 0.25) is 0 Å². The quantitative estimate of drug-likeness (QED) is 0.162. The van der Waals surface area contributed by atoms with Crippen molar-refractivity contribution in [3.8, 4) is 16.8 Å². The van der Waals surface area contributed by atoms with E-state index in [1.165, 1.54) is 92.0 Å². The molecule has 0 amide bonds. The second-order valence-electron chi connectivity index (χ2n) is 16.9. The van der Waals surface area contributed by atoms with Crippen LogP contribution in [0.4, 0.5) is 11.4 Å². The molecule has 0 unspecified atom stereocenters. The van der Waals surface area contributed by atoms with Gasteiger partial charge in [0, 0.05) is 39.9 Å². The van der Waals surface area contributed by atoms with Gasteiger partial charge in [0.1, 0.15) is 0 Å². The Morgan fingerprint density at radius 2 is 0.921 bits per heavy atom. The molecule has 0 fully saturated rings. The summed E-state index contributed by atoms with van der Waals surface area (Å²) in [5.41, 5.74) is 10.3. The highest BCUT2D eigenvalue weighted by molar-refractivity contribution is 6.26. The first-order valence-corrected chi connectivity index (χ1v) is 21.8. The summed E-state index contributed by atoms with van der Waals surface area (Å²) in [6.45, 7) is 5.35. The Morgan fingerprint density at radius 3 is 1.71 bits per heavy atom. The smallest absolute Gasteiger partial charge is 0.0541 e. The minimum absolute atomic E-state index is 0.731. The van der Waals surface area contributed by atoms with Gasteiger partial charge < -0.3 is 9.47 Å². The predicted octanol–water partition coefficient (Wildman–Crippen LogP) is 16.6. The lowest BCUT2D eigenvalue weighted by atomic mass is 9.93. The molecule has 2 heterocycles. The van der Waals surface area contributed by atoms with Gasteiger partial charge in [-0.15, -0.1) is 0 Å². The average Bonchev–Trinajstić information content (AvgIpc) is 3.71. The van der Waals surface area contributed by atoms with Crippen LogP contribution in [-0.2, 0) is 0 Å². The van der Waals surface area contributed by atoms with Gasteiger partial charge in [0.2, 0.25) is 0 Å². The number of benzene rings is 11. The van der Waals surface area contributed by atoms with Crippen molar-refractivity contribution in [2.75, 3.05) is 11.4 Å². The molecule has 11 aromatic carbocycles. The van der Waals surface area contributed by atoms with Gasteiger partial charge in [-0.25, -0.2) is 0 Å². The molecule has 294 valence electrons. The van der Waals surface area contributed by atoms with Crippen LogP contribution in [0, 0.1) is 0 Å². The van der Waals surface area contributed by atoms with Gasteiger partial charge >= 0.3 is 0 Å². The summed E-state index contributed by atoms with van der Waals surface area (Å²) in [7, 11) is 0. The van der Waals surface area contributed by atoms with E-state index >= 15 is 0 Å². The van der Waals surface area contributed by atoms with Gasteiger partial charge in [-0.1, -0.05) is 170 Å². The minimum Gasteiger partial charge on any atom is -0.337 e. The monoisotopic (exact) mass is 800 g/mol. The molecule has 2 nitrogen and oxygen atoms in total. The van der Waals surface area contributed by atoms with Crippen molar-refractivity contribution in [1.82, 2.24) is 4.57 Å². The van der Waals surface area contributed by atoms with Crippen molar-refractivity contribution in [1.29, 1.82) is 0 Å². The molecule has 1 aliphatic rings. The number of hydrogen-bond acceptors (Lipinski definition) is 1. The van der Waals surface area contributed by atoms with E-state index in [2.05, 4.69) is 234 Å². The highest BCUT2D eigenvalue weighted by Gasteiger charge is 2.20. The molecule has 12 aromatic rings. The molecular formula is C61H40N2. The Morgan fingerprint density at radius 1 is 0.365 bits per heavy atom. The molecule has 1 aliphatic heterocycles. The summed E-state index contributed by atoms with van der Waals surface area (Å²) < 4.78 is 2.43. The lowest BCUT2D eigenvalue weighted by Crippen LogP contribution is -2.18. The number of nitrogens with zero attached hydrogens (tertiary/aromatic N) is 2. The standard InChI is InChI=1S/C61H40N2/c1-39-13-3-2-12-34-62(44-26-31-54-50-18-7-6-16-48(50)49-17-8-9-19-51(49)57(54)38-44)59-32-24-41(36-56(39)59)42-25-33-61-58(37-42)55-20-10-11-21-60(55)63(61)45-27-30-47-43(35-45)23-29-52-46-15-5-4-14-40(46)22-28-53(47)52/h2-33,35-38H,1,34H2/b12-2-,13-3-. The third-order valence-corrected chi connectivity index (χ3v) is 13.5. The fourth-order valence-corrected chi connectivity index (χ4v) is 10.5. The maximum absolute atomic E-state index is 4.62.